The smallest absolute Gasteiger partial charge is 0.319 e. The Hall–Kier alpha value is -2.96. The molecule has 114 valence electrons. The van der Waals surface area contributed by atoms with Crippen LogP contribution in [0.2, 0.25) is 0 Å². The zero-order valence-corrected chi connectivity index (χ0v) is 11.6. The normalized spacial score (nSPS) is 10.0. The fraction of sp³-hybridized carbons (Fsp3) is 0.133. The maximum absolute atomic E-state index is 13.4. The van der Waals surface area contributed by atoms with Gasteiger partial charge in [0.05, 0.1) is 4.92 Å². The van der Waals surface area contributed by atoms with Crippen LogP contribution in [0.5, 0.6) is 0 Å². The van der Waals surface area contributed by atoms with Crippen molar-refractivity contribution < 1.29 is 14.1 Å². The minimum atomic E-state index is -0.516. The van der Waals surface area contributed by atoms with E-state index in [1.54, 1.807) is 18.2 Å². The van der Waals surface area contributed by atoms with Crippen LogP contribution in [0.15, 0.2) is 48.5 Å². The minimum absolute atomic E-state index is 0.0505. The number of non-ortho nitro benzene ring substituents is 1. The Morgan fingerprint density at radius 2 is 1.82 bits per heavy atom. The average molecular weight is 303 g/mol. The highest BCUT2D eigenvalue weighted by Gasteiger charge is 2.06. The third-order valence-electron chi connectivity index (χ3n) is 2.97. The van der Waals surface area contributed by atoms with Crippen molar-refractivity contribution in [2.75, 3.05) is 11.9 Å². The van der Waals surface area contributed by atoms with Crippen LogP contribution in [0.25, 0.3) is 0 Å². The van der Waals surface area contributed by atoms with E-state index in [4.69, 9.17) is 0 Å². The molecule has 0 fully saturated rings. The van der Waals surface area contributed by atoms with Gasteiger partial charge < -0.3 is 10.6 Å². The van der Waals surface area contributed by atoms with Crippen molar-refractivity contribution in [1.82, 2.24) is 5.32 Å². The highest BCUT2D eigenvalue weighted by atomic mass is 19.1. The van der Waals surface area contributed by atoms with Gasteiger partial charge in [-0.1, -0.05) is 18.2 Å². The second-order valence-corrected chi connectivity index (χ2v) is 4.53. The molecule has 0 saturated heterocycles. The van der Waals surface area contributed by atoms with Crippen LogP contribution in [-0.2, 0) is 6.42 Å². The van der Waals surface area contributed by atoms with Crippen LogP contribution < -0.4 is 10.6 Å². The lowest BCUT2D eigenvalue weighted by Crippen LogP contribution is -2.30. The number of carbonyl (C=O) groups is 1. The summed E-state index contributed by atoms with van der Waals surface area (Å²) in [5.74, 6) is -0.305. The van der Waals surface area contributed by atoms with Gasteiger partial charge in [0.2, 0.25) is 0 Å². The first-order valence-electron chi connectivity index (χ1n) is 6.59. The molecule has 2 aromatic carbocycles. The van der Waals surface area contributed by atoms with E-state index in [9.17, 15) is 19.3 Å². The lowest BCUT2D eigenvalue weighted by atomic mass is 10.1. The molecule has 2 aromatic rings. The van der Waals surface area contributed by atoms with E-state index >= 15 is 0 Å². The number of carbonyl (C=O) groups excluding carboxylic acids is 1. The third kappa shape index (κ3) is 4.27. The molecule has 2 N–H and O–H groups in total. The molecule has 0 aliphatic rings. The number of halogens is 1. The highest BCUT2D eigenvalue weighted by Crippen LogP contribution is 2.15. The van der Waals surface area contributed by atoms with Crippen molar-refractivity contribution >= 4 is 17.4 Å². The zero-order valence-electron chi connectivity index (χ0n) is 11.6. The average Bonchev–Trinajstić information content (AvgIpc) is 2.50. The first kappa shape index (κ1) is 15.4. The molecule has 2 amide bonds. The largest absolute Gasteiger partial charge is 0.338 e. The molecular formula is C15H14FN3O3. The van der Waals surface area contributed by atoms with Crippen molar-refractivity contribution in [2.24, 2.45) is 0 Å². The summed E-state index contributed by atoms with van der Waals surface area (Å²) in [5, 5.41) is 15.6. The van der Waals surface area contributed by atoms with Gasteiger partial charge in [0.15, 0.2) is 0 Å². The molecule has 6 nitrogen and oxygen atoms in total. The van der Waals surface area contributed by atoms with Gasteiger partial charge in [-0.3, -0.25) is 10.1 Å². The lowest BCUT2D eigenvalue weighted by molar-refractivity contribution is -0.384. The number of hydrogen-bond donors (Lipinski definition) is 2. The third-order valence-corrected chi connectivity index (χ3v) is 2.97. The number of nitro groups is 1. The van der Waals surface area contributed by atoms with E-state index in [-0.39, 0.29) is 18.0 Å². The van der Waals surface area contributed by atoms with E-state index < -0.39 is 11.0 Å². The Morgan fingerprint density at radius 1 is 1.14 bits per heavy atom. The van der Waals surface area contributed by atoms with Crippen LogP contribution >= 0.6 is 0 Å². The van der Waals surface area contributed by atoms with Gasteiger partial charge in [-0.05, 0) is 30.2 Å². The summed E-state index contributed by atoms with van der Waals surface area (Å²) in [4.78, 5) is 21.7. The highest BCUT2D eigenvalue weighted by molar-refractivity contribution is 5.89. The number of nitrogens with one attached hydrogen (secondary N) is 2. The number of rotatable bonds is 5. The molecule has 0 atom stereocenters. The number of amides is 2. The molecule has 0 bridgehead atoms. The van der Waals surface area contributed by atoms with Crippen molar-refractivity contribution in [1.29, 1.82) is 0 Å². The summed E-state index contributed by atoms with van der Waals surface area (Å²) in [6, 6.07) is 11.4. The minimum Gasteiger partial charge on any atom is -0.338 e. The summed E-state index contributed by atoms with van der Waals surface area (Å²) in [6.45, 7) is 0.278. The second kappa shape index (κ2) is 7.16. The summed E-state index contributed by atoms with van der Waals surface area (Å²) in [6.07, 6.45) is 0.375. The quantitative estimate of drug-likeness (QED) is 0.657. The number of benzene rings is 2. The van der Waals surface area contributed by atoms with Crippen molar-refractivity contribution in [3.05, 3.63) is 70.0 Å². The Labute approximate surface area is 126 Å². The fourth-order valence-corrected chi connectivity index (χ4v) is 1.85. The van der Waals surface area contributed by atoms with Gasteiger partial charge in [-0.25, -0.2) is 9.18 Å². The molecule has 7 heteroatoms. The van der Waals surface area contributed by atoms with Crippen molar-refractivity contribution in [3.63, 3.8) is 0 Å². The lowest BCUT2D eigenvalue weighted by Gasteiger charge is -2.08. The first-order chi connectivity index (χ1) is 10.6. The van der Waals surface area contributed by atoms with E-state index in [2.05, 4.69) is 10.6 Å². The second-order valence-electron chi connectivity index (χ2n) is 4.53. The summed E-state index contributed by atoms with van der Waals surface area (Å²) in [5.41, 5.74) is 0.914. The molecule has 2 rings (SSSR count). The summed E-state index contributed by atoms with van der Waals surface area (Å²) in [7, 11) is 0. The summed E-state index contributed by atoms with van der Waals surface area (Å²) < 4.78 is 13.4. The molecule has 0 radical (unpaired) electrons. The van der Waals surface area contributed by atoms with Gasteiger partial charge in [-0.15, -0.1) is 0 Å². The molecule has 0 saturated carbocycles. The SMILES string of the molecule is O=C(NCCc1ccccc1F)Nc1ccc([N+](=O)[O-])cc1. The predicted molar refractivity (Wildman–Crippen MR) is 80.2 cm³/mol. The molecule has 0 aromatic heterocycles. The van der Waals surface area contributed by atoms with Crippen LogP contribution in [0, 0.1) is 15.9 Å². The standard InChI is InChI=1S/C15H14FN3O3/c16-14-4-2-1-3-11(14)9-10-17-15(20)18-12-5-7-13(8-6-12)19(21)22/h1-8H,9-10H2,(H2,17,18,20). The Kier molecular flexibility index (Phi) is 5.02. The molecule has 0 unspecified atom stereocenters. The number of hydrogen-bond acceptors (Lipinski definition) is 3. The fourth-order valence-electron chi connectivity index (χ4n) is 1.85. The predicted octanol–water partition coefficient (Wildman–Crippen LogP) is 3.10. The van der Waals surface area contributed by atoms with Crippen LogP contribution in [-0.4, -0.2) is 17.5 Å². The molecule has 0 aliphatic heterocycles. The Bertz CT molecular complexity index is 674. The van der Waals surface area contributed by atoms with Gasteiger partial charge in [0, 0.05) is 24.4 Å². The maximum atomic E-state index is 13.4. The summed E-state index contributed by atoms with van der Waals surface area (Å²) >= 11 is 0. The zero-order chi connectivity index (χ0) is 15.9. The first-order valence-corrected chi connectivity index (χ1v) is 6.59. The molecule has 0 heterocycles. The van der Waals surface area contributed by atoms with Crippen LogP contribution in [0.3, 0.4) is 0 Å². The van der Waals surface area contributed by atoms with Gasteiger partial charge in [0.1, 0.15) is 5.82 Å². The number of urea groups is 1. The molecule has 0 spiro atoms. The van der Waals surface area contributed by atoms with Crippen molar-refractivity contribution in [2.45, 2.75) is 6.42 Å². The topological polar surface area (TPSA) is 84.3 Å². The molecule has 22 heavy (non-hydrogen) atoms. The molecule has 0 aliphatic carbocycles. The Morgan fingerprint density at radius 3 is 2.45 bits per heavy atom. The van der Waals surface area contributed by atoms with Crippen LogP contribution in [0.4, 0.5) is 20.6 Å². The van der Waals surface area contributed by atoms with Gasteiger partial charge in [-0.2, -0.15) is 0 Å². The van der Waals surface area contributed by atoms with Gasteiger partial charge >= 0.3 is 6.03 Å². The van der Waals surface area contributed by atoms with E-state index in [1.807, 2.05) is 0 Å². The number of anilines is 1. The van der Waals surface area contributed by atoms with Crippen LogP contribution in [0.1, 0.15) is 5.56 Å². The number of nitro benzene ring substituents is 1. The molecular weight excluding hydrogens is 289 g/mol. The van der Waals surface area contributed by atoms with E-state index in [1.165, 1.54) is 30.3 Å². The maximum Gasteiger partial charge on any atom is 0.319 e. The monoisotopic (exact) mass is 303 g/mol. The van der Waals surface area contributed by atoms with E-state index in [0.717, 1.165) is 0 Å². The van der Waals surface area contributed by atoms with Gasteiger partial charge in [0.25, 0.3) is 5.69 Å². The van der Waals surface area contributed by atoms with E-state index in [0.29, 0.717) is 17.7 Å². The number of nitrogens with zero attached hydrogens (tertiary/aromatic N) is 1. The Balaban J connectivity index is 1.80. The van der Waals surface area contributed by atoms with Crippen molar-refractivity contribution in [3.8, 4) is 0 Å².